The molecule has 0 saturated carbocycles. The average molecular weight is 339 g/mol. The number of anilines is 3. The highest BCUT2D eigenvalue weighted by Gasteiger charge is 2.06. The first-order valence-electron chi connectivity index (χ1n) is 8.06. The van der Waals surface area contributed by atoms with Crippen molar-refractivity contribution in [3.63, 3.8) is 0 Å². The second-order valence-electron chi connectivity index (χ2n) is 5.65. The Balaban J connectivity index is 1.64. The maximum absolute atomic E-state index is 5.37. The fourth-order valence-corrected chi connectivity index (χ4v) is 2.49. The van der Waals surface area contributed by atoms with Crippen molar-refractivity contribution in [2.45, 2.75) is 20.3 Å². The molecule has 0 atom stereocenters. The molecule has 130 valence electrons. The molecule has 0 spiro atoms. The topological polar surface area (TPSA) is 85.1 Å². The molecule has 2 heterocycles. The molecule has 7 heteroatoms. The van der Waals surface area contributed by atoms with E-state index >= 15 is 0 Å². The lowest BCUT2D eigenvalue weighted by Crippen LogP contribution is -2.10. The molecule has 0 aliphatic rings. The van der Waals surface area contributed by atoms with Gasteiger partial charge in [-0.3, -0.25) is 0 Å². The van der Waals surface area contributed by atoms with Crippen molar-refractivity contribution in [1.29, 1.82) is 0 Å². The third-order valence-corrected chi connectivity index (χ3v) is 3.61. The number of rotatable bonds is 7. The molecule has 25 heavy (non-hydrogen) atoms. The van der Waals surface area contributed by atoms with Gasteiger partial charge in [0.05, 0.1) is 7.11 Å². The normalized spacial score (nSPS) is 10.5. The number of aromatic nitrogens is 3. The summed E-state index contributed by atoms with van der Waals surface area (Å²) < 4.78 is 10.4. The Kier molecular flexibility index (Phi) is 5.13. The van der Waals surface area contributed by atoms with Crippen LogP contribution in [0.2, 0.25) is 0 Å². The van der Waals surface area contributed by atoms with Crippen LogP contribution in [0.25, 0.3) is 0 Å². The molecule has 0 bridgehead atoms. The molecule has 0 radical (unpaired) electrons. The number of hydrogen-bond acceptors (Lipinski definition) is 7. The molecule has 2 aromatic heterocycles. The number of hydrogen-bond donors (Lipinski definition) is 2. The first kappa shape index (κ1) is 16.8. The van der Waals surface area contributed by atoms with Gasteiger partial charge in [-0.2, -0.15) is 4.98 Å². The molecular weight excluding hydrogens is 318 g/mol. The van der Waals surface area contributed by atoms with Crippen LogP contribution in [0.15, 0.2) is 40.9 Å². The van der Waals surface area contributed by atoms with E-state index in [1.807, 2.05) is 44.2 Å². The van der Waals surface area contributed by atoms with Gasteiger partial charge in [0.1, 0.15) is 17.3 Å². The van der Waals surface area contributed by atoms with Crippen LogP contribution in [0.1, 0.15) is 17.0 Å². The van der Waals surface area contributed by atoms with Crippen LogP contribution < -0.4 is 15.4 Å². The van der Waals surface area contributed by atoms with Crippen LogP contribution in [0.5, 0.6) is 5.75 Å². The van der Waals surface area contributed by atoms with Crippen LogP contribution in [-0.2, 0) is 6.42 Å². The van der Waals surface area contributed by atoms with Gasteiger partial charge in [0, 0.05) is 24.4 Å². The van der Waals surface area contributed by atoms with E-state index in [9.17, 15) is 0 Å². The molecular formula is C18H21N5O2. The smallest absolute Gasteiger partial charge is 0.224 e. The fourth-order valence-electron chi connectivity index (χ4n) is 2.49. The van der Waals surface area contributed by atoms with E-state index in [0.717, 1.165) is 29.2 Å². The van der Waals surface area contributed by atoms with E-state index in [0.29, 0.717) is 24.1 Å². The lowest BCUT2D eigenvalue weighted by Gasteiger charge is -2.10. The van der Waals surface area contributed by atoms with E-state index in [1.165, 1.54) is 0 Å². The number of aryl methyl sites for hydroxylation is 2. The van der Waals surface area contributed by atoms with Gasteiger partial charge in [0.2, 0.25) is 5.95 Å². The highest BCUT2D eigenvalue weighted by Crippen LogP contribution is 2.19. The predicted molar refractivity (Wildman–Crippen MR) is 96.5 cm³/mol. The monoisotopic (exact) mass is 339 g/mol. The minimum Gasteiger partial charge on any atom is -0.496 e. The summed E-state index contributed by atoms with van der Waals surface area (Å²) in [4.78, 5) is 8.88. The van der Waals surface area contributed by atoms with Crippen molar-refractivity contribution in [3.8, 4) is 5.75 Å². The van der Waals surface area contributed by atoms with E-state index in [4.69, 9.17) is 9.26 Å². The van der Waals surface area contributed by atoms with Crippen molar-refractivity contribution in [1.82, 2.24) is 15.1 Å². The van der Waals surface area contributed by atoms with Gasteiger partial charge in [-0.15, -0.1) is 0 Å². The Hall–Kier alpha value is -3.09. The predicted octanol–water partition coefficient (Wildman–Crippen LogP) is 3.49. The maximum Gasteiger partial charge on any atom is 0.224 e. The third kappa shape index (κ3) is 4.47. The highest BCUT2D eigenvalue weighted by atomic mass is 16.5. The summed E-state index contributed by atoms with van der Waals surface area (Å²) in [5, 5.41) is 10.3. The standard InChI is InChI=1S/C18H21N5O2/c1-12-10-16(21-17-11-13(2)25-23-17)22-18(20-12)19-9-8-14-6-4-5-7-15(14)24-3/h4-7,10-11H,8-9H2,1-3H3,(H2,19,20,21,22,23). The fraction of sp³-hybridized carbons (Fsp3) is 0.278. The van der Waals surface area contributed by atoms with E-state index < -0.39 is 0 Å². The Labute approximate surface area is 146 Å². The zero-order valence-corrected chi connectivity index (χ0v) is 14.5. The number of methoxy groups -OCH3 is 1. The summed E-state index contributed by atoms with van der Waals surface area (Å²) in [6.45, 7) is 4.47. The Morgan fingerprint density at radius 2 is 1.92 bits per heavy atom. The molecule has 0 aliphatic carbocycles. The van der Waals surface area contributed by atoms with E-state index in [1.54, 1.807) is 7.11 Å². The van der Waals surface area contributed by atoms with Crippen LogP contribution in [0, 0.1) is 13.8 Å². The van der Waals surface area contributed by atoms with E-state index in [2.05, 4.69) is 31.8 Å². The molecule has 0 unspecified atom stereocenters. The van der Waals surface area contributed by atoms with Gasteiger partial charge in [0.25, 0.3) is 0 Å². The number of para-hydroxylation sites is 1. The third-order valence-electron chi connectivity index (χ3n) is 3.61. The molecule has 1 aromatic carbocycles. The Morgan fingerprint density at radius 1 is 1.08 bits per heavy atom. The van der Waals surface area contributed by atoms with Crippen molar-refractivity contribution < 1.29 is 9.26 Å². The Bertz CT molecular complexity index is 847. The molecule has 3 rings (SSSR count). The van der Waals surface area contributed by atoms with Crippen molar-refractivity contribution in [3.05, 3.63) is 53.4 Å². The molecule has 2 N–H and O–H groups in total. The molecule has 0 fully saturated rings. The average Bonchev–Trinajstić information content (AvgIpc) is 2.99. The summed E-state index contributed by atoms with van der Waals surface area (Å²) in [5.41, 5.74) is 2.00. The van der Waals surface area contributed by atoms with Gasteiger partial charge in [-0.25, -0.2) is 4.98 Å². The zero-order valence-electron chi connectivity index (χ0n) is 14.5. The number of nitrogens with zero attached hydrogens (tertiary/aromatic N) is 3. The van der Waals surface area contributed by atoms with E-state index in [-0.39, 0.29) is 0 Å². The highest BCUT2D eigenvalue weighted by molar-refractivity contribution is 5.53. The lowest BCUT2D eigenvalue weighted by atomic mass is 10.1. The Morgan fingerprint density at radius 3 is 2.68 bits per heavy atom. The molecule has 0 aliphatic heterocycles. The van der Waals surface area contributed by atoms with Crippen molar-refractivity contribution >= 4 is 17.6 Å². The first-order valence-corrected chi connectivity index (χ1v) is 8.06. The van der Waals surface area contributed by atoms with Gasteiger partial charge in [-0.05, 0) is 31.9 Å². The SMILES string of the molecule is COc1ccccc1CCNc1nc(C)cc(Nc2cc(C)on2)n1. The quantitative estimate of drug-likeness (QED) is 0.681. The van der Waals surface area contributed by atoms with Gasteiger partial charge < -0.3 is 19.9 Å². The van der Waals surface area contributed by atoms with Crippen LogP contribution in [-0.4, -0.2) is 28.8 Å². The van der Waals surface area contributed by atoms with Gasteiger partial charge in [0.15, 0.2) is 5.82 Å². The first-order chi connectivity index (χ1) is 12.1. The summed E-state index contributed by atoms with van der Waals surface area (Å²) >= 11 is 0. The second kappa shape index (κ2) is 7.65. The summed E-state index contributed by atoms with van der Waals surface area (Å²) in [6.07, 6.45) is 0.812. The minimum atomic E-state index is 0.567. The van der Waals surface area contributed by atoms with Crippen LogP contribution in [0.4, 0.5) is 17.6 Å². The molecule has 3 aromatic rings. The van der Waals surface area contributed by atoms with Gasteiger partial charge >= 0.3 is 0 Å². The summed E-state index contributed by atoms with van der Waals surface area (Å²) in [7, 11) is 1.68. The maximum atomic E-state index is 5.37. The number of ether oxygens (including phenoxy) is 1. The largest absolute Gasteiger partial charge is 0.496 e. The second-order valence-corrected chi connectivity index (χ2v) is 5.65. The molecule has 0 amide bonds. The summed E-state index contributed by atoms with van der Waals surface area (Å²) in [5.74, 6) is 3.48. The molecule has 0 saturated heterocycles. The molecule has 7 nitrogen and oxygen atoms in total. The zero-order chi connectivity index (χ0) is 17.6. The minimum absolute atomic E-state index is 0.567. The lowest BCUT2D eigenvalue weighted by molar-refractivity contribution is 0.400. The van der Waals surface area contributed by atoms with Crippen LogP contribution in [0.3, 0.4) is 0 Å². The summed E-state index contributed by atoms with van der Waals surface area (Å²) in [6, 6.07) is 11.6. The van der Waals surface area contributed by atoms with Gasteiger partial charge in [-0.1, -0.05) is 23.4 Å². The van der Waals surface area contributed by atoms with Crippen molar-refractivity contribution in [2.75, 3.05) is 24.3 Å². The number of benzene rings is 1. The van der Waals surface area contributed by atoms with Crippen molar-refractivity contribution in [2.24, 2.45) is 0 Å². The number of nitrogens with one attached hydrogen (secondary N) is 2. The van der Waals surface area contributed by atoms with Crippen LogP contribution >= 0.6 is 0 Å².